The fourth-order valence-corrected chi connectivity index (χ4v) is 2.52. The summed E-state index contributed by atoms with van der Waals surface area (Å²) in [6.07, 6.45) is 0. The Morgan fingerprint density at radius 3 is 2.74 bits per heavy atom. The van der Waals surface area contributed by atoms with E-state index in [-0.39, 0.29) is 11.8 Å². The highest BCUT2D eigenvalue weighted by Gasteiger charge is 2.10. The van der Waals surface area contributed by atoms with Crippen molar-refractivity contribution in [3.63, 3.8) is 0 Å². The molecule has 0 saturated carbocycles. The molecule has 2 aromatic rings. The van der Waals surface area contributed by atoms with Gasteiger partial charge in [-0.25, -0.2) is 0 Å². The van der Waals surface area contributed by atoms with Crippen LogP contribution >= 0.6 is 11.3 Å². The summed E-state index contributed by atoms with van der Waals surface area (Å²) in [4.78, 5) is 0. The summed E-state index contributed by atoms with van der Waals surface area (Å²) in [6.45, 7) is -0.270. The minimum atomic E-state index is -2.80. The van der Waals surface area contributed by atoms with Crippen LogP contribution in [0.4, 0.5) is 8.78 Å². The molecule has 1 atom stereocenters. The zero-order valence-electron chi connectivity index (χ0n) is 10.5. The van der Waals surface area contributed by atoms with Crippen molar-refractivity contribution < 1.29 is 13.5 Å². The molecule has 0 amide bonds. The second-order valence-electron chi connectivity index (χ2n) is 4.15. The van der Waals surface area contributed by atoms with Gasteiger partial charge in [0.15, 0.2) is 0 Å². The second kappa shape index (κ2) is 6.63. The van der Waals surface area contributed by atoms with Crippen LogP contribution in [0.5, 0.6) is 5.75 Å². The molecule has 0 saturated heterocycles. The van der Waals surface area contributed by atoms with Crippen molar-refractivity contribution in [3.05, 3.63) is 52.2 Å². The molecule has 0 aliphatic heterocycles. The first-order valence-corrected chi connectivity index (χ1v) is 6.89. The van der Waals surface area contributed by atoms with Gasteiger partial charge in [-0.2, -0.15) is 20.1 Å². The first-order valence-electron chi connectivity index (χ1n) is 5.95. The number of benzene rings is 1. The standard InChI is InChI=1S/C14H15F2NOS/c1-10(12-6-7-19-9-12)17-8-11-4-2-3-5-13(11)18-14(15)16/h2-7,9-10,14,17H,8H2,1H3. The van der Waals surface area contributed by atoms with Crippen molar-refractivity contribution >= 4 is 11.3 Å². The predicted octanol–water partition coefficient (Wildman–Crippen LogP) is 4.20. The van der Waals surface area contributed by atoms with Crippen LogP contribution in [0.15, 0.2) is 41.1 Å². The maximum absolute atomic E-state index is 12.3. The minimum Gasteiger partial charge on any atom is -0.434 e. The Morgan fingerprint density at radius 2 is 2.05 bits per heavy atom. The van der Waals surface area contributed by atoms with Crippen molar-refractivity contribution in [1.29, 1.82) is 0 Å². The lowest BCUT2D eigenvalue weighted by Crippen LogP contribution is -2.18. The van der Waals surface area contributed by atoms with E-state index in [0.29, 0.717) is 6.54 Å². The molecule has 0 bridgehead atoms. The van der Waals surface area contributed by atoms with E-state index in [2.05, 4.69) is 15.4 Å². The number of ether oxygens (including phenoxy) is 1. The topological polar surface area (TPSA) is 21.3 Å². The summed E-state index contributed by atoms with van der Waals surface area (Å²) < 4.78 is 29.1. The van der Waals surface area contributed by atoms with Crippen molar-refractivity contribution in [1.82, 2.24) is 5.32 Å². The van der Waals surface area contributed by atoms with Crippen LogP contribution in [0.3, 0.4) is 0 Å². The Kier molecular flexibility index (Phi) is 4.87. The molecule has 0 spiro atoms. The van der Waals surface area contributed by atoms with Crippen LogP contribution in [-0.2, 0) is 6.54 Å². The Hall–Kier alpha value is -1.46. The number of alkyl halides is 2. The lowest BCUT2D eigenvalue weighted by atomic mass is 10.1. The fourth-order valence-electron chi connectivity index (χ4n) is 1.76. The third-order valence-electron chi connectivity index (χ3n) is 2.83. The Labute approximate surface area is 115 Å². The fraction of sp³-hybridized carbons (Fsp3) is 0.286. The summed E-state index contributed by atoms with van der Waals surface area (Å²) in [5, 5.41) is 7.38. The Balaban J connectivity index is 1.99. The number of para-hydroxylation sites is 1. The molecule has 0 aliphatic carbocycles. The zero-order chi connectivity index (χ0) is 13.7. The van der Waals surface area contributed by atoms with Gasteiger partial charge in [0.2, 0.25) is 0 Å². The van der Waals surface area contributed by atoms with E-state index in [4.69, 9.17) is 0 Å². The first kappa shape index (κ1) is 14.0. The average Bonchev–Trinajstić information content (AvgIpc) is 2.90. The van der Waals surface area contributed by atoms with Crippen molar-refractivity contribution in [2.24, 2.45) is 0 Å². The Morgan fingerprint density at radius 1 is 1.26 bits per heavy atom. The lowest BCUT2D eigenvalue weighted by Gasteiger charge is -2.15. The van der Waals surface area contributed by atoms with Gasteiger partial charge in [0.05, 0.1) is 0 Å². The van der Waals surface area contributed by atoms with Crippen molar-refractivity contribution in [2.75, 3.05) is 0 Å². The second-order valence-corrected chi connectivity index (χ2v) is 4.93. The number of hydrogen-bond donors (Lipinski definition) is 1. The molecule has 102 valence electrons. The summed E-state index contributed by atoms with van der Waals surface area (Å²) in [5.41, 5.74) is 1.92. The van der Waals surface area contributed by atoms with E-state index >= 15 is 0 Å². The molecule has 1 heterocycles. The van der Waals surface area contributed by atoms with Gasteiger partial charge in [-0.05, 0) is 35.4 Å². The van der Waals surface area contributed by atoms with Gasteiger partial charge in [-0.15, -0.1) is 0 Å². The van der Waals surface area contributed by atoms with Crippen molar-refractivity contribution in [2.45, 2.75) is 26.1 Å². The molecule has 2 nitrogen and oxygen atoms in total. The maximum atomic E-state index is 12.3. The van der Waals surface area contributed by atoms with Gasteiger partial charge < -0.3 is 10.1 Å². The van der Waals surface area contributed by atoms with E-state index < -0.39 is 6.61 Å². The number of rotatable bonds is 6. The normalized spacial score (nSPS) is 12.6. The van der Waals surface area contributed by atoms with Crippen LogP contribution in [-0.4, -0.2) is 6.61 Å². The van der Waals surface area contributed by atoms with Gasteiger partial charge in [0, 0.05) is 18.2 Å². The molecule has 0 radical (unpaired) electrons. The highest BCUT2D eigenvalue weighted by molar-refractivity contribution is 7.07. The Bertz CT molecular complexity index is 502. The first-order chi connectivity index (χ1) is 9.16. The minimum absolute atomic E-state index is 0.172. The van der Waals surface area contributed by atoms with E-state index in [1.54, 1.807) is 29.5 Å². The number of nitrogens with one attached hydrogen (secondary N) is 1. The molecule has 0 aliphatic rings. The zero-order valence-corrected chi connectivity index (χ0v) is 11.3. The van der Waals surface area contributed by atoms with Crippen LogP contribution in [0.25, 0.3) is 0 Å². The predicted molar refractivity (Wildman–Crippen MR) is 72.6 cm³/mol. The molecule has 2 rings (SSSR count). The molecular weight excluding hydrogens is 268 g/mol. The highest BCUT2D eigenvalue weighted by Crippen LogP contribution is 2.22. The van der Waals surface area contributed by atoms with E-state index in [9.17, 15) is 8.78 Å². The highest BCUT2D eigenvalue weighted by atomic mass is 32.1. The SMILES string of the molecule is CC(NCc1ccccc1OC(F)F)c1ccsc1. The van der Waals surface area contributed by atoms with E-state index in [1.807, 2.05) is 24.4 Å². The van der Waals surface area contributed by atoms with Gasteiger partial charge in [0.1, 0.15) is 5.75 Å². The maximum Gasteiger partial charge on any atom is 0.387 e. The molecule has 1 aromatic carbocycles. The summed E-state index contributed by atoms with van der Waals surface area (Å²) in [5.74, 6) is 0.225. The molecule has 1 N–H and O–H groups in total. The summed E-state index contributed by atoms with van der Waals surface area (Å²) in [6, 6.07) is 9.05. The molecule has 0 fully saturated rings. The third-order valence-corrected chi connectivity index (χ3v) is 3.53. The quantitative estimate of drug-likeness (QED) is 0.858. The smallest absolute Gasteiger partial charge is 0.387 e. The molecule has 1 aromatic heterocycles. The molecule has 1 unspecified atom stereocenters. The monoisotopic (exact) mass is 283 g/mol. The summed E-state index contributed by atoms with van der Waals surface area (Å²) >= 11 is 1.64. The number of hydrogen-bond acceptors (Lipinski definition) is 3. The van der Waals surface area contributed by atoms with Gasteiger partial charge in [0.25, 0.3) is 0 Å². The molecule has 5 heteroatoms. The van der Waals surface area contributed by atoms with Gasteiger partial charge in [-0.1, -0.05) is 18.2 Å². The van der Waals surface area contributed by atoms with Crippen LogP contribution in [0.1, 0.15) is 24.1 Å². The summed E-state index contributed by atoms with van der Waals surface area (Å²) in [7, 11) is 0. The lowest BCUT2D eigenvalue weighted by molar-refractivity contribution is -0.0505. The van der Waals surface area contributed by atoms with Gasteiger partial charge in [-0.3, -0.25) is 0 Å². The van der Waals surface area contributed by atoms with E-state index in [0.717, 1.165) is 5.56 Å². The van der Waals surface area contributed by atoms with Crippen molar-refractivity contribution in [3.8, 4) is 5.75 Å². The van der Waals surface area contributed by atoms with Crippen LogP contribution < -0.4 is 10.1 Å². The largest absolute Gasteiger partial charge is 0.434 e. The third kappa shape index (κ3) is 4.01. The van der Waals surface area contributed by atoms with Crippen LogP contribution in [0, 0.1) is 0 Å². The van der Waals surface area contributed by atoms with E-state index in [1.165, 1.54) is 5.56 Å². The molecule has 19 heavy (non-hydrogen) atoms. The number of thiophene rings is 1. The average molecular weight is 283 g/mol. The molecular formula is C14H15F2NOS. The van der Waals surface area contributed by atoms with Gasteiger partial charge >= 0.3 is 6.61 Å². The van der Waals surface area contributed by atoms with Crippen LogP contribution in [0.2, 0.25) is 0 Å². The number of halogens is 2.